The van der Waals surface area contributed by atoms with Crippen LogP contribution in [0.2, 0.25) is 0 Å². The first-order valence-corrected chi connectivity index (χ1v) is 6.47. The number of ketones is 2. The van der Waals surface area contributed by atoms with E-state index in [1.165, 1.54) is 6.07 Å². The molecule has 0 unspecified atom stereocenters. The van der Waals surface area contributed by atoms with Crippen molar-refractivity contribution in [2.24, 2.45) is 5.73 Å². The Morgan fingerprint density at radius 3 is 2.00 bits per heavy atom. The summed E-state index contributed by atoms with van der Waals surface area (Å²) in [4.78, 5) is 35.8. The third-order valence-electron chi connectivity index (χ3n) is 3.36. The van der Waals surface area contributed by atoms with Gasteiger partial charge in [-0.2, -0.15) is 0 Å². The van der Waals surface area contributed by atoms with E-state index in [1.54, 1.807) is 31.2 Å². The van der Waals surface area contributed by atoms with Gasteiger partial charge >= 0.3 is 0 Å². The summed E-state index contributed by atoms with van der Waals surface area (Å²) in [5.41, 5.74) is 7.22. The zero-order chi connectivity index (χ0) is 15.6. The van der Waals surface area contributed by atoms with Crippen molar-refractivity contribution in [2.45, 2.75) is 13.8 Å². The summed E-state index contributed by atoms with van der Waals surface area (Å²) >= 11 is 0. The number of hydrogen-bond acceptors (Lipinski definition) is 3. The lowest BCUT2D eigenvalue weighted by atomic mass is 9.91. The van der Waals surface area contributed by atoms with Gasteiger partial charge < -0.3 is 5.73 Å². The first-order chi connectivity index (χ1) is 9.93. The van der Waals surface area contributed by atoms with E-state index in [1.807, 2.05) is 19.1 Å². The highest BCUT2D eigenvalue weighted by Crippen LogP contribution is 2.20. The van der Waals surface area contributed by atoms with Gasteiger partial charge in [0.25, 0.3) is 11.7 Å². The minimum Gasteiger partial charge on any atom is -0.363 e. The summed E-state index contributed by atoms with van der Waals surface area (Å²) in [5, 5.41) is 0. The average molecular weight is 281 g/mol. The molecule has 0 saturated heterocycles. The quantitative estimate of drug-likeness (QED) is 0.689. The summed E-state index contributed by atoms with van der Waals surface area (Å²) in [6.07, 6.45) is 0. The Kier molecular flexibility index (Phi) is 3.98. The molecule has 2 aromatic carbocycles. The zero-order valence-electron chi connectivity index (χ0n) is 11.8. The van der Waals surface area contributed by atoms with Gasteiger partial charge in [0.05, 0.1) is 0 Å². The van der Waals surface area contributed by atoms with Crippen molar-refractivity contribution in [3.05, 3.63) is 70.3 Å². The van der Waals surface area contributed by atoms with E-state index in [-0.39, 0.29) is 16.9 Å². The second-order valence-electron chi connectivity index (χ2n) is 4.83. The van der Waals surface area contributed by atoms with Crippen LogP contribution in [0.25, 0.3) is 0 Å². The number of benzene rings is 2. The zero-order valence-corrected chi connectivity index (χ0v) is 11.8. The van der Waals surface area contributed by atoms with Gasteiger partial charge in [-0.15, -0.1) is 0 Å². The van der Waals surface area contributed by atoms with Crippen LogP contribution in [-0.2, 0) is 4.79 Å². The molecule has 2 rings (SSSR count). The standard InChI is InChI=1S/C17H15NO3/c1-10-6-3-4-8-12(10)15(19)13-9-5-7-11(2)14(13)16(20)17(18)21/h3-9H,1-2H3,(H2,18,21). The number of carbonyl (C=O) groups is 3. The highest BCUT2D eigenvalue weighted by Gasteiger charge is 2.23. The predicted molar refractivity (Wildman–Crippen MR) is 79.3 cm³/mol. The molecule has 2 N–H and O–H groups in total. The van der Waals surface area contributed by atoms with Crippen LogP contribution < -0.4 is 5.73 Å². The molecule has 0 aliphatic rings. The maximum atomic E-state index is 12.7. The lowest BCUT2D eigenvalue weighted by molar-refractivity contribution is -0.114. The second-order valence-corrected chi connectivity index (χ2v) is 4.83. The maximum absolute atomic E-state index is 12.7. The molecule has 0 aliphatic carbocycles. The molecule has 0 aromatic heterocycles. The first-order valence-electron chi connectivity index (χ1n) is 6.47. The maximum Gasteiger partial charge on any atom is 0.289 e. The predicted octanol–water partition coefficient (Wildman–Crippen LogP) is 2.20. The van der Waals surface area contributed by atoms with E-state index in [9.17, 15) is 14.4 Å². The van der Waals surface area contributed by atoms with Gasteiger partial charge in [0.2, 0.25) is 0 Å². The molecular weight excluding hydrogens is 266 g/mol. The van der Waals surface area contributed by atoms with Gasteiger partial charge in [0.1, 0.15) is 0 Å². The summed E-state index contributed by atoms with van der Waals surface area (Å²) in [5.74, 6) is -2.20. The molecular formula is C17H15NO3. The summed E-state index contributed by atoms with van der Waals surface area (Å²) in [6, 6.07) is 12.0. The molecule has 0 heterocycles. The lowest BCUT2D eigenvalue weighted by Gasteiger charge is -2.11. The van der Waals surface area contributed by atoms with Crippen molar-refractivity contribution in [3.8, 4) is 0 Å². The van der Waals surface area contributed by atoms with Crippen LogP contribution in [0, 0.1) is 13.8 Å². The third kappa shape index (κ3) is 2.74. The Bertz CT molecular complexity index is 747. The Balaban J connectivity index is 2.63. The fourth-order valence-corrected chi connectivity index (χ4v) is 2.25. The smallest absolute Gasteiger partial charge is 0.289 e. The molecule has 0 atom stereocenters. The summed E-state index contributed by atoms with van der Waals surface area (Å²) in [6.45, 7) is 3.49. The molecule has 0 bridgehead atoms. The van der Waals surface area contributed by atoms with Crippen LogP contribution in [0.4, 0.5) is 0 Å². The van der Waals surface area contributed by atoms with Crippen molar-refractivity contribution < 1.29 is 14.4 Å². The average Bonchev–Trinajstić information content (AvgIpc) is 2.46. The Labute approximate surface area is 122 Å². The summed E-state index contributed by atoms with van der Waals surface area (Å²) in [7, 11) is 0. The normalized spacial score (nSPS) is 10.2. The molecule has 106 valence electrons. The minimum atomic E-state index is -1.07. The van der Waals surface area contributed by atoms with Crippen LogP contribution in [-0.4, -0.2) is 17.5 Å². The van der Waals surface area contributed by atoms with Gasteiger partial charge in [-0.25, -0.2) is 0 Å². The highest BCUT2D eigenvalue weighted by atomic mass is 16.2. The molecule has 21 heavy (non-hydrogen) atoms. The molecule has 2 aromatic rings. The Morgan fingerprint density at radius 1 is 0.810 bits per heavy atom. The fraction of sp³-hybridized carbons (Fsp3) is 0.118. The van der Waals surface area contributed by atoms with E-state index in [0.717, 1.165) is 5.56 Å². The number of hydrogen-bond donors (Lipinski definition) is 1. The molecule has 0 radical (unpaired) electrons. The van der Waals surface area contributed by atoms with Crippen molar-refractivity contribution in [1.29, 1.82) is 0 Å². The highest BCUT2D eigenvalue weighted by molar-refractivity contribution is 6.44. The fourth-order valence-electron chi connectivity index (χ4n) is 2.25. The van der Waals surface area contributed by atoms with E-state index < -0.39 is 11.7 Å². The van der Waals surface area contributed by atoms with Crippen molar-refractivity contribution in [3.63, 3.8) is 0 Å². The number of carbonyl (C=O) groups excluding carboxylic acids is 3. The number of aryl methyl sites for hydroxylation is 2. The molecule has 0 fully saturated rings. The number of primary amides is 1. The van der Waals surface area contributed by atoms with Gasteiger partial charge in [0.15, 0.2) is 5.78 Å². The molecule has 0 saturated carbocycles. The lowest BCUT2D eigenvalue weighted by Crippen LogP contribution is -2.26. The molecule has 4 heteroatoms. The van der Waals surface area contributed by atoms with E-state index in [4.69, 9.17) is 5.73 Å². The molecule has 0 aliphatic heterocycles. The van der Waals surface area contributed by atoms with Gasteiger partial charge in [-0.3, -0.25) is 14.4 Å². The van der Waals surface area contributed by atoms with Crippen LogP contribution >= 0.6 is 0 Å². The van der Waals surface area contributed by atoms with E-state index in [2.05, 4.69) is 0 Å². The Hall–Kier alpha value is -2.75. The van der Waals surface area contributed by atoms with Crippen LogP contribution in [0.15, 0.2) is 42.5 Å². The number of nitrogens with two attached hydrogens (primary N) is 1. The van der Waals surface area contributed by atoms with Crippen LogP contribution in [0.3, 0.4) is 0 Å². The number of amides is 1. The van der Waals surface area contributed by atoms with Crippen molar-refractivity contribution >= 4 is 17.5 Å². The van der Waals surface area contributed by atoms with Crippen molar-refractivity contribution in [1.82, 2.24) is 0 Å². The third-order valence-corrected chi connectivity index (χ3v) is 3.36. The Morgan fingerprint density at radius 2 is 1.38 bits per heavy atom. The topological polar surface area (TPSA) is 77.2 Å². The van der Waals surface area contributed by atoms with E-state index in [0.29, 0.717) is 11.1 Å². The van der Waals surface area contributed by atoms with E-state index >= 15 is 0 Å². The minimum absolute atomic E-state index is 0.0817. The molecule has 1 amide bonds. The van der Waals surface area contributed by atoms with Gasteiger partial charge in [-0.1, -0.05) is 42.5 Å². The number of rotatable bonds is 4. The first kappa shape index (κ1) is 14.7. The SMILES string of the molecule is Cc1ccccc1C(=O)c1cccc(C)c1C(=O)C(N)=O. The largest absolute Gasteiger partial charge is 0.363 e. The van der Waals surface area contributed by atoms with Gasteiger partial charge in [-0.05, 0) is 25.0 Å². The van der Waals surface area contributed by atoms with Crippen LogP contribution in [0.5, 0.6) is 0 Å². The van der Waals surface area contributed by atoms with Crippen molar-refractivity contribution in [2.75, 3.05) is 0 Å². The summed E-state index contributed by atoms with van der Waals surface area (Å²) < 4.78 is 0. The van der Waals surface area contributed by atoms with Gasteiger partial charge in [0, 0.05) is 16.7 Å². The molecule has 4 nitrogen and oxygen atoms in total. The van der Waals surface area contributed by atoms with Crippen LogP contribution in [0.1, 0.15) is 37.4 Å². The second kappa shape index (κ2) is 5.71. The monoisotopic (exact) mass is 281 g/mol. The molecule has 0 spiro atoms. The number of Topliss-reactive ketones (excluding diaryl/α,β-unsaturated/α-hetero) is 1.